The number of hydrogen-bond acceptors (Lipinski definition) is 3. The van der Waals surface area contributed by atoms with E-state index in [-0.39, 0.29) is 0 Å². The largest absolute Gasteiger partial charge is 0.490 e. The quantitative estimate of drug-likeness (QED) is 0.623. The van der Waals surface area contributed by atoms with Gasteiger partial charge in [0.1, 0.15) is 12.9 Å². The number of carbonyl (C=O) groups excluding carboxylic acids is 1. The highest BCUT2D eigenvalue weighted by Gasteiger charge is 2.07. The fourth-order valence-electron chi connectivity index (χ4n) is 2.48. The third kappa shape index (κ3) is 3.51. The van der Waals surface area contributed by atoms with Crippen LogP contribution < -0.4 is 9.47 Å². The number of rotatable bonds is 6. The molecule has 0 aromatic heterocycles. The van der Waals surface area contributed by atoms with Gasteiger partial charge in [0.25, 0.3) is 0 Å². The molecule has 0 N–H and O–H groups in total. The maximum Gasteiger partial charge on any atom is 0.161 e. The summed E-state index contributed by atoms with van der Waals surface area (Å²) in [6, 6.07) is 19.7. The van der Waals surface area contributed by atoms with Crippen LogP contribution in [0.25, 0.3) is 10.8 Å². The average molecular weight is 306 g/mol. The molecule has 3 heteroatoms. The molecule has 3 aromatic rings. The van der Waals surface area contributed by atoms with Crippen molar-refractivity contribution in [3.63, 3.8) is 0 Å². The molecule has 0 heterocycles. The lowest BCUT2D eigenvalue weighted by molar-refractivity contribution is 0.112. The highest BCUT2D eigenvalue weighted by Crippen LogP contribution is 2.29. The maximum absolute atomic E-state index is 10.9. The van der Waals surface area contributed by atoms with Gasteiger partial charge in [0, 0.05) is 5.56 Å². The van der Waals surface area contributed by atoms with E-state index in [0.29, 0.717) is 30.3 Å². The Morgan fingerprint density at radius 3 is 2.48 bits per heavy atom. The minimum Gasteiger partial charge on any atom is -0.490 e. The molecular weight excluding hydrogens is 288 g/mol. The van der Waals surface area contributed by atoms with E-state index in [1.165, 1.54) is 10.8 Å². The summed E-state index contributed by atoms with van der Waals surface area (Å²) in [7, 11) is 0. The van der Waals surface area contributed by atoms with Gasteiger partial charge in [-0.15, -0.1) is 0 Å². The average Bonchev–Trinajstić information content (AvgIpc) is 2.60. The molecule has 0 saturated carbocycles. The summed E-state index contributed by atoms with van der Waals surface area (Å²) < 4.78 is 11.4. The van der Waals surface area contributed by atoms with Gasteiger partial charge < -0.3 is 9.47 Å². The lowest BCUT2D eigenvalue weighted by atomic mass is 10.1. The van der Waals surface area contributed by atoms with E-state index < -0.39 is 0 Å². The van der Waals surface area contributed by atoms with Crippen molar-refractivity contribution >= 4 is 17.1 Å². The van der Waals surface area contributed by atoms with Crippen molar-refractivity contribution < 1.29 is 14.3 Å². The molecule has 0 unspecified atom stereocenters. The van der Waals surface area contributed by atoms with Crippen molar-refractivity contribution in [1.82, 2.24) is 0 Å². The second-order valence-corrected chi connectivity index (χ2v) is 5.23. The Balaban J connectivity index is 1.79. The lowest BCUT2D eigenvalue weighted by Crippen LogP contribution is -2.00. The van der Waals surface area contributed by atoms with E-state index in [1.54, 1.807) is 18.2 Å². The van der Waals surface area contributed by atoms with Crippen LogP contribution in [0.15, 0.2) is 60.7 Å². The fourth-order valence-corrected chi connectivity index (χ4v) is 2.48. The topological polar surface area (TPSA) is 35.5 Å². The number of fused-ring (bicyclic) bond motifs is 1. The smallest absolute Gasteiger partial charge is 0.161 e. The van der Waals surface area contributed by atoms with Crippen molar-refractivity contribution in [1.29, 1.82) is 0 Å². The first kappa shape index (κ1) is 15.1. The highest BCUT2D eigenvalue weighted by molar-refractivity contribution is 5.83. The van der Waals surface area contributed by atoms with Gasteiger partial charge in [-0.2, -0.15) is 0 Å². The van der Waals surface area contributed by atoms with Gasteiger partial charge in [-0.1, -0.05) is 36.4 Å². The molecule has 0 atom stereocenters. The molecule has 0 spiro atoms. The molecule has 3 rings (SSSR count). The van der Waals surface area contributed by atoms with Gasteiger partial charge in [0.05, 0.1) is 6.61 Å². The molecule has 0 bridgehead atoms. The van der Waals surface area contributed by atoms with Gasteiger partial charge in [-0.3, -0.25) is 4.79 Å². The zero-order valence-corrected chi connectivity index (χ0v) is 13.0. The summed E-state index contributed by atoms with van der Waals surface area (Å²) in [5.74, 6) is 1.24. The molecular formula is C20H18O3. The summed E-state index contributed by atoms with van der Waals surface area (Å²) in [5, 5.41) is 2.40. The second kappa shape index (κ2) is 6.97. The first-order chi connectivity index (χ1) is 11.3. The summed E-state index contributed by atoms with van der Waals surface area (Å²) in [6.07, 6.45) is 0.801. The molecule has 0 amide bonds. The molecule has 0 aliphatic carbocycles. The van der Waals surface area contributed by atoms with Crippen LogP contribution in [-0.4, -0.2) is 12.9 Å². The first-order valence-corrected chi connectivity index (χ1v) is 7.62. The first-order valence-electron chi connectivity index (χ1n) is 7.62. The molecule has 116 valence electrons. The van der Waals surface area contributed by atoms with E-state index in [2.05, 4.69) is 30.3 Å². The number of ether oxygens (including phenoxy) is 2. The number of carbonyl (C=O) groups is 1. The summed E-state index contributed by atoms with van der Waals surface area (Å²) in [5.41, 5.74) is 1.66. The third-order valence-electron chi connectivity index (χ3n) is 3.61. The van der Waals surface area contributed by atoms with Crippen LogP contribution >= 0.6 is 0 Å². The van der Waals surface area contributed by atoms with E-state index in [1.807, 2.05) is 19.1 Å². The monoisotopic (exact) mass is 306 g/mol. The number of aldehydes is 1. The van der Waals surface area contributed by atoms with Crippen molar-refractivity contribution in [2.45, 2.75) is 13.5 Å². The molecule has 3 aromatic carbocycles. The normalized spacial score (nSPS) is 10.5. The molecule has 0 aliphatic rings. The van der Waals surface area contributed by atoms with Crippen LogP contribution in [0.2, 0.25) is 0 Å². The Bertz CT molecular complexity index is 824. The zero-order valence-electron chi connectivity index (χ0n) is 13.0. The minimum absolute atomic E-state index is 0.450. The van der Waals surface area contributed by atoms with Gasteiger partial charge in [-0.25, -0.2) is 0 Å². The highest BCUT2D eigenvalue weighted by atomic mass is 16.5. The molecule has 0 aliphatic heterocycles. The van der Waals surface area contributed by atoms with Crippen molar-refractivity contribution in [2.24, 2.45) is 0 Å². The van der Waals surface area contributed by atoms with Gasteiger partial charge in [0.2, 0.25) is 0 Å². The zero-order chi connectivity index (χ0) is 16.1. The SMILES string of the molecule is CCOc1cc(C=O)ccc1OCc1ccc2ccccc2c1. The van der Waals surface area contributed by atoms with Gasteiger partial charge >= 0.3 is 0 Å². The molecule has 0 saturated heterocycles. The van der Waals surface area contributed by atoms with Crippen LogP contribution in [0.5, 0.6) is 11.5 Å². The van der Waals surface area contributed by atoms with E-state index in [0.717, 1.165) is 11.8 Å². The summed E-state index contributed by atoms with van der Waals surface area (Å²) >= 11 is 0. The standard InChI is InChI=1S/C20H18O3/c1-2-22-20-12-15(13-21)8-10-19(20)23-14-16-7-9-17-5-3-4-6-18(17)11-16/h3-13H,2,14H2,1H3. The summed E-state index contributed by atoms with van der Waals surface area (Å²) in [6.45, 7) is 2.88. The van der Waals surface area contributed by atoms with Crippen LogP contribution in [-0.2, 0) is 6.61 Å². The lowest BCUT2D eigenvalue weighted by Gasteiger charge is -2.12. The van der Waals surface area contributed by atoms with Crippen molar-refractivity contribution in [2.75, 3.05) is 6.61 Å². The third-order valence-corrected chi connectivity index (χ3v) is 3.61. The number of hydrogen-bond donors (Lipinski definition) is 0. The van der Waals surface area contributed by atoms with E-state index >= 15 is 0 Å². The maximum atomic E-state index is 10.9. The molecule has 0 radical (unpaired) electrons. The van der Waals surface area contributed by atoms with Crippen molar-refractivity contribution in [3.8, 4) is 11.5 Å². The molecule has 3 nitrogen and oxygen atoms in total. The Labute approximate surface area is 135 Å². The van der Waals surface area contributed by atoms with E-state index in [9.17, 15) is 4.79 Å². The second-order valence-electron chi connectivity index (χ2n) is 5.23. The Morgan fingerprint density at radius 2 is 1.70 bits per heavy atom. The van der Waals surface area contributed by atoms with Crippen LogP contribution in [0.1, 0.15) is 22.8 Å². The van der Waals surface area contributed by atoms with Crippen molar-refractivity contribution in [3.05, 3.63) is 71.8 Å². The van der Waals surface area contributed by atoms with Gasteiger partial charge in [0.15, 0.2) is 11.5 Å². The molecule has 0 fully saturated rings. The number of benzene rings is 3. The Kier molecular flexibility index (Phi) is 4.57. The molecule has 23 heavy (non-hydrogen) atoms. The van der Waals surface area contributed by atoms with Crippen LogP contribution in [0.3, 0.4) is 0 Å². The Morgan fingerprint density at radius 1 is 0.870 bits per heavy atom. The van der Waals surface area contributed by atoms with Crippen LogP contribution in [0.4, 0.5) is 0 Å². The minimum atomic E-state index is 0.450. The van der Waals surface area contributed by atoms with E-state index in [4.69, 9.17) is 9.47 Å². The summed E-state index contributed by atoms with van der Waals surface area (Å²) in [4.78, 5) is 10.9. The van der Waals surface area contributed by atoms with Gasteiger partial charge in [-0.05, 0) is 47.5 Å². The predicted octanol–water partition coefficient (Wildman–Crippen LogP) is 4.63. The Hall–Kier alpha value is -2.81. The van der Waals surface area contributed by atoms with Crippen LogP contribution in [0, 0.1) is 0 Å². The fraction of sp³-hybridized carbons (Fsp3) is 0.150. The predicted molar refractivity (Wildman–Crippen MR) is 91.3 cm³/mol.